The normalized spacial score (nSPS) is 25.1. The number of alkyl halides is 2. The van der Waals surface area contributed by atoms with Gasteiger partial charge < -0.3 is 20.5 Å². The number of ether oxygens (including phenoxy) is 2. The molecule has 0 bridgehead atoms. The summed E-state index contributed by atoms with van der Waals surface area (Å²) in [6.45, 7) is -0.640. The monoisotopic (exact) mass is 466 g/mol. The first kappa shape index (κ1) is 22.4. The van der Waals surface area contributed by atoms with Gasteiger partial charge in [0, 0.05) is 35.9 Å². The molecule has 0 saturated carbocycles. The molecular weight excluding hydrogens is 445 g/mol. The summed E-state index contributed by atoms with van der Waals surface area (Å²) < 4.78 is 49.6. The van der Waals surface area contributed by atoms with E-state index in [1.165, 1.54) is 36.0 Å². The molecule has 3 N–H and O–H groups in total. The second-order valence-corrected chi connectivity index (χ2v) is 8.56. The summed E-state index contributed by atoms with van der Waals surface area (Å²) in [5.41, 5.74) is 5.80. The number of benzene rings is 1. The highest BCUT2D eigenvalue weighted by Crippen LogP contribution is 2.48. The van der Waals surface area contributed by atoms with E-state index in [-0.39, 0.29) is 23.5 Å². The van der Waals surface area contributed by atoms with Crippen LogP contribution in [0.25, 0.3) is 0 Å². The molecule has 4 rings (SSSR count). The third-order valence-electron chi connectivity index (χ3n) is 5.65. The molecule has 2 aromatic rings. The number of nitrogens with one attached hydrogen (secondary N) is 1. The Morgan fingerprint density at radius 3 is 2.91 bits per heavy atom. The number of halogens is 3. The van der Waals surface area contributed by atoms with Crippen molar-refractivity contribution >= 4 is 28.5 Å². The summed E-state index contributed by atoms with van der Waals surface area (Å²) in [4.78, 5) is 21.1. The number of aliphatic imine (C=N–C) groups is 1. The van der Waals surface area contributed by atoms with Crippen LogP contribution in [0.1, 0.15) is 29.4 Å². The van der Waals surface area contributed by atoms with E-state index in [1.54, 1.807) is 6.07 Å². The van der Waals surface area contributed by atoms with Gasteiger partial charge in [0.15, 0.2) is 5.17 Å². The molecule has 2 aliphatic rings. The van der Waals surface area contributed by atoms with E-state index in [0.717, 1.165) is 6.20 Å². The van der Waals surface area contributed by atoms with Crippen molar-refractivity contribution in [2.45, 2.75) is 31.6 Å². The van der Waals surface area contributed by atoms with E-state index in [0.29, 0.717) is 35.2 Å². The Labute approximate surface area is 186 Å². The Hall–Kier alpha value is -2.79. The topological polar surface area (TPSA) is 98.8 Å². The second kappa shape index (κ2) is 8.99. The maximum absolute atomic E-state index is 15.0. The molecule has 3 heterocycles. The van der Waals surface area contributed by atoms with Crippen LogP contribution in [0.2, 0.25) is 0 Å². The van der Waals surface area contributed by atoms with Gasteiger partial charge in [0.2, 0.25) is 0 Å². The number of rotatable bonds is 5. The number of fused-ring (bicyclic) bond motifs is 1. The fourth-order valence-electron chi connectivity index (χ4n) is 4.12. The van der Waals surface area contributed by atoms with E-state index in [4.69, 9.17) is 10.5 Å². The van der Waals surface area contributed by atoms with Gasteiger partial charge >= 0.3 is 6.61 Å². The molecule has 3 unspecified atom stereocenters. The van der Waals surface area contributed by atoms with Crippen molar-refractivity contribution in [2.24, 2.45) is 16.6 Å². The van der Waals surface area contributed by atoms with Crippen molar-refractivity contribution < 1.29 is 27.4 Å². The molecule has 0 spiro atoms. The van der Waals surface area contributed by atoms with Gasteiger partial charge in [-0.2, -0.15) is 8.78 Å². The number of anilines is 1. The van der Waals surface area contributed by atoms with Crippen molar-refractivity contribution in [3.05, 3.63) is 53.6 Å². The second-order valence-electron chi connectivity index (χ2n) is 7.52. The lowest BCUT2D eigenvalue weighted by Gasteiger charge is -2.47. The minimum absolute atomic E-state index is 0.00967. The Balaban J connectivity index is 1.61. The molecule has 2 aliphatic heterocycles. The number of amides is 1. The number of carbonyl (C=O) groups excluding carboxylic acids is 1. The highest BCUT2D eigenvalue weighted by molar-refractivity contribution is 8.13. The molecule has 7 nitrogen and oxygen atoms in total. The number of hydrogen-bond donors (Lipinski definition) is 2. The Morgan fingerprint density at radius 1 is 1.38 bits per heavy atom. The fourth-order valence-corrected chi connectivity index (χ4v) is 5.24. The summed E-state index contributed by atoms with van der Waals surface area (Å²) in [5, 5.41) is 3.05. The molecule has 32 heavy (non-hydrogen) atoms. The molecule has 1 aromatic heterocycles. The average molecular weight is 466 g/mol. The Kier molecular flexibility index (Phi) is 6.29. The maximum Gasteiger partial charge on any atom is 0.387 e. The fraction of sp³-hybridized carbons (Fsp3) is 0.381. The summed E-state index contributed by atoms with van der Waals surface area (Å²) in [7, 11) is 0. The predicted molar refractivity (Wildman–Crippen MR) is 115 cm³/mol. The zero-order valence-electron chi connectivity index (χ0n) is 17.1. The van der Waals surface area contributed by atoms with Crippen LogP contribution in [-0.4, -0.2) is 41.1 Å². The first-order valence-corrected chi connectivity index (χ1v) is 10.9. The minimum Gasteiger partial charge on any atom is -0.433 e. The van der Waals surface area contributed by atoms with Crippen LogP contribution < -0.4 is 15.8 Å². The maximum atomic E-state index is 15.0. The van der Waals surface area contributed by atoms with Gasteiger partial charge in [-0.15, -0.1) is 0 Å². The molecule has 0 aliphatic carbocycles. The van der Waals surface area contributed by atoms with Gasteiger partial charge in [-0.1, -0.05) is 11.8 Å². The third-order valence-corrected chi connectivity index (χ3v) is 6.56. The first-order valence-electron chi connectivity index (χ1n) is 9.90. The van der Waals surface area contributed by atoms with E-state index in [1.807, 2.05) is 6.92 Å². The van der Waals surface area contributed by atoms with Crippen LogP contribution in [0.4, 0.5) is 18.9 Å². The molecule has 1 fully saturated rings. The van der Waals surface area contributed by atoms with Crippen LogP contribution >= 0.6 is 11.8 Å². The lowest BCUT2D eigenvalue weighted by atomic mass is 9.72. The number of amidine groups is 1. The number of carbonyl (C=O) groups is 1. The lowest BCUT2D eigenvalue weighted by Crippen LogP contribution is -2.50. The molecule has 0 radical (unpaired) electrons. The molecule has 1 amide bonds. The molecule has 1 aromatic carbocycles. The zero-order chi connectivity index (χ0) is 22.9. The molecule has 170 valence electrons. The number of nitrogens with two attached hydrogens (primary N) is 1. The summed E-state index contributed by atoms with van der Waals surface area (Å²) in [6, 6.07) is 6.74. The van der Waals surface area contributed by atoms with Gasteiger partial charge in [-0.25, -0.2) is 9.37 Å². The number of pyridine rings is 1. The van der Waals surface area contributed by atoms with Crippen LogP contribution in [0.15, 0.2) is 41.5 Å². The standard InChI is InChI=1S/C21H21F3N4O3S/c1-11-15-10-32-20(25)28-21(15,6-7-30-11)14-8-12(2-4-16(14)22)27-18(29)17-5-3-13(9-26-17)31-19(23)24/h2-5,8-9,11,15,19H,6-7,10H2,1H3,(H2,25,28)(H,27,29). The lowest BCUT2D eigenvalue weighted by molar-refractivity contribution is -0.0515. The smallest absolute Gasteiger partial charge is 0.387 e. The number of aromatic nitrogens is 1. The van der Waals surface area contributed by atoms with Crippen LogP contribution in [0.3, 0.4) is 0 Å². The average Bonchev–Trinajstić information content (AvgIpc) is 2.75. The van der Waals surface area contributed by atoms with E-state index >= 15 is 4.39 Å². The Morgan fingerprint density at radius 2 is 2.19 bits per heavy atom. The minimum atomic E-state index is -2.99. The van der Waals surface area contributed by atoms with Gasteiger partial charge in [0.25, 0.3) is 5.91 Å². The summed E-state index contributed by atoms with van der Waals surface area (Å²) >= 11 is 1.41. The summed E-state index contributed by atoms with van der Waals surface area (Å²) in [6.07, 6.45) is 1.36. The van der Waals surface area contributed by atoms with Crippen molar-refractivity contribution in [1.29, 1.82) is 0 Å². The Bertz CT molecular complexity index is 1040. The molecular formula is C21H21F3N4O3S. The van der Waals surface area contributed by atoms with Crippen molar-refractivity contribution in [1.82, 2.24) is 4.98 Å². The first-order chi connectivity index (χ1) is 15.3. The number of hydrogen-bond acceptors (Lipinski definition) is 7. The van der Waals surface area contributed by atoms with E-state index in [9.17, 15) is 13.6 Å². The van der Waals surface area contributed by atoms with E-state index < -0.39 is 23.9 Å². The molecule has 1 saturated heterocycles. The quantitative estimate of drug-likeness (QED) is 0.696. The zero-order valence-corrected chi connectivity index (χ0v) is 17.9. The van der Waals surface area contributed by atoms with Crippen molar-refractivity contribution in [3.8, 4) is 5.75 Å². The highest BCUT2D eigenvalue weighted by Gasteiger charge is 2.49. The molecule has 3 atom stereocenters. The van der Waals surface area contributed by atoms with Gasteiger partial charge in [0.1, 0.15) is 17.3 Å². The van der Waals surface area contributed by atoms with Crippen LogP contribution in [0, 0.1) is 11.7 Å². The van der Waals surface area contributed by atoms with Gasteiger partial charge in [-0.3, -0.25) is 9.79 Å². The van der Waals surface area contributed by atoms with Crippen LogP contribution in [-0.2, 0) is 10.3 Å². The van der Waals surface area contributed by atoms with Crippen molar-refractivity contribution in [3.63, 3.8) is 0 Å². The molecule has 11 heteroatoms. The number of thioether (sulfide) groups is 1. The third kappa shape index (κ3) is 4.40. The van der Waals surface area contributed by atoms with Gasteiger partial charge in [-0.05, 0) is 37.3 Å². The largest absolute Gasteiger partial charge is 0.433 e. The SMILES string of the molecule is CC1OCCC2(c3cc(NC(=O)c4ccc(OC(F)F)cn4)ccc3F)N=C(N)SCC12. The predicted octanol–water partition coefficient (Wildman–Crippen LogP) is 3.76. The van der Waals surface area contributed by atoms with Gasteiger partial charge in [0.05, 0.1) is 17.8 Å². The van der Waals surface area contributed by atoms with Crippen LogP contribution in [0.5, 0.6) is 5.75 Å². The number of nitrogens with zero attached hydrogens (tertiary/aromatic N) is 2. The van der Waals surface area contributed by atoms with E-state index in [2.05, 4.69) is 20.0 Å². The van der Waals surface area contributed by atoms with Crippen molar-refractivity contribution in [2.75, 3.05) is 17.7 Å². The highest BCUT2D eigenvalue weighted by atomic mass is 32.2. The summed E-state index contributed by atoms with van der Waals surface area (Å²) in [5.74, 6) is -0.633.